The molecule has 0 atom stereocenters. The maximum Gasteiger partial charge on any atom is 0.230 e. The van der Waals surface area contributed by atoms with E-state index in [9.17, 15) is 4.79 Å². The summed E-state index contributed by atoms with van der Waals surface area (Å²) in [6.45, 7) is 9.53. The van der Waals surface area contributed by atoms with Crippen LogP contribution in [-0.2, 0) is 9.53 Å². The number of carbonyl (C=O) groups is 1. The number of carbonyl (C=O) groups excluding carboxylic acids is 1. The minimum Gasteiger partial charge on any atom is -0.379 e. The molecular formula is C17H24N4O2S2. The van der Waals surface area contributed by atoms with Gasteiger partial charge in [-0.1, -0.05) is 11.8 Å². The van der Waals surface area contributed by atoms with Gasteiger partial charge in [-0.25, -0.2) is 9.97 Å². The minimum atomic E-state index is 0.0587. The van der Waals surface area contributed by atoms with E-state index in [-0.39, 0.29) is 5.91 Å². The quantitative estimate of drug-likeness (QED) is 0.451. The van der Waals surface area contributed by atoms with Gasteiger partial charge in [0.15, 0.2) is 0 Å². The molecule has 0 spiro atoms. The van der Waals surface area contributed by atoms with E-state index < -0.39 is 0 Å². The largest absolute Gasteiger partial charge is 0.379 e. The van der Waals surface area contributed by atoms with E-state index in [4.69, 9.17) is 4.74 Å². The minimum absolute atomic E-state index is 0.0587. The van der Waals surface area contributed by atoms with Gasteiger partial charge in [0.1, 0.15) is 16.2 Å². The lowest BCUT2D eigenvalue weighted by Crippen LogP contribution is -2.38. The first-order valence-corrected chi connectivity index (χ1v) is 10.4. The third-order valence-corrected chi connectivity index (χ3v) is 6.45. The van der Waals surface area contributed by atoms with Crippen LogP contribution in [-0.4, -0.2) is 65.9 Å². The van der Waals surface area contributed by atoms with E-state index in [2.05, 4.69) is 34.0 Å². The fraction of sp³-hybridized carbons (Fsp3) is 0.588. The first-order valence-electron chi connectivity index (χ1n) is 8.55. The van der Waals surface area contributed by atoms with Crippen LogP contribution in [0.25, 0.3) is 10.2 Å². The van der Waals surface area contributed by atoms with Gasteiger partial charge >= 0.3 is 0 Å². The van der Waals surface area contributed by atoms with Crippen LogP contribution in [0, 0.1) is 13.8 Å². The summed E-state index contributed by atoms with van der Waals surface area (Å²) in [6.07, 6.45) is 2.55. The standard InChI is InChI=1S/C17H24N4O2S2/c1-12-13(2)25-17-15(12)16(19-11-20-17)24-10-14(22)18-4-3-5-21-6-8-23-9-7-21/h11H,3-10H2,1-2H3,(H,18,22). The van der Waals surface area contributed by atoms with Crippen LogP contribution in [0.15, 0.2) is 11.4 Å². The second kappa shape index (κ2) is 8.93. The highest BCUT2D eigenvalue weighted by Gasteiger charge is 2.14. The Bertz CT molecular complexity index is 729. The van der Waals surface area contributed by atoms with Crippen molar-refractivity contribution in [2.45, 2.75) is 25.3 Å². The van der Waals surface area contributed by atoms with Crippen LogP contribution in [0.5, 0.6) is 0 Å². The van der Waals surface area contributed by atoms with Crippen LogP contribution < -0.4 is 5.32 Å². The Hall–Kier alpha value is -1.22. The molecule has 0 unspecified atom stereocenters. The fourth-order valence-corrected chi connectivity index (χ4v) is 4.75. The van der Waals surface area contributed by atoms with Crippen LogP contribution in [0.1, 0.15) is 16.9 Å². The molecule has 0 aliphatic carbocycles. The van der Waals surface area contributed by atoms with Crippen LogP contribution in [0.4, 0.5) is 0 Å². The van der Waals surface area contributed by atoms with Gasteiger partial charge in [0.2, 0.25) is 5.91 Å². The highest BCUT2D eigenvalue weighted by atomic mass is 32.2. The highest BCUT2D eigenvalue weighted by molar-refractivity contribution is 8.00. The summed E-state index contributed by atoms with van der Waals surface area (Å²) in [7, 11) is 0. The summed E-state index contributed by atoms with van der Waals surface area (Å²) in [5.74, 6) is 0.446. The number of amides is 1. The van der Waals surface area contributed by atoms with Crippen molar-refractivity contribution in [3.05, 3.63) is 16.8 Å². The van der Waals surface area contributed by atoms with Crippen molar-refractivity contribution in [1.29, 1.82) is 0 Å². The number of thiophene rings is 1. The van der Waals surface area contributed by atoms with Crippen LogP contribution >= 0.6 is 23.1 Å². The molecule has 6 nitrogen and oxygen atoms in total. The lowest BCUT2D eigenvalue weighted by molar-refractivity contribution is -0.118. The Labute approximate surface area is 156 Å². The predicted molar refractivity (Wildman–Crippen MR) is 102 cm³/mol. The van der Waals surface area contributed by atoms with E-state index in [1.54, 1.807) is 17.7 Å². The summed E-state index contributed by atoms with van der Waals surface area (Å²) < 4.78 is 5.33. The molecule has 1 fully saturated rings. The van der Waals surface area contributed by atoms with E-state index >= 15 is 0 Å². The molecule has 2 aromatic heterocycles. The van der Waals surface area contributed by atoms with Crippen LogP contribution in [0.2, 0.25) is 0 Å². The van der Waals surface area contributed by atoms with Gasteiger partial charge in [0.05, 0.1) is 19.0 Å². The van der Waals surface area contributed by atoms with Gasteiger partial charge in [-0.3, -0.25) is 9.69 Å². The van der Waals surface area contributed by atoms with Gasteiger partial charge < -0.3 is 10.1 Å². The van der Waals surface area contributed by atoms with Crippen molar-refractivity contribution in [3.63, 3.8) is 0 Å². The number of fused-ring (bicyclic) bond motifs is 1. The number of thioether (sulfide) groups is 1. The van der Waals surface area contributed by atoms with Gasteiger partial charge in [-0.2, -0.15) is 0 Å². The molecule has 0 saturated carbocycles. The first-order chi connectivity index (χ1) is 12.1. The zero-order valence-electron chi connectivity index (χ0n) is 14.7. The molecule has 1 amide bonds. The Morgan fingerprint density at radius 1 is 1.36 bits per heavy atom. The average Bonchev–Trinajstić information content (AvgIpc) is 2.93. The third kappa shape index (κ3) is 4.91. The van der Waals surface area contributed by atoms with E-state index in [1.165, 1.54) is 22.2 Å². The molecule has 25 heavy (non-hydrogen) atoms. The Morgan fingerprint density at radius 2 is 2.16 bits per heavy atom. The molecule has 136 valence electrons. The average molecular weight is 381 g/mol. The fourth-order valence-electron chi connectivity index (χ4n) is 2.80. The summed E-state index contributed by atoms with van der Waals surface area (Å²) in [4.78, 5) is 25.4. The molecular weight excluding hydrogens is 356 g/mol. The van der Waals surface area contributed by atoms with E-state index in [0.29, 0.717) is 12.3 Å². The number of nitrogens with one attached hydrogen (secondary N) is 1. The van der Waals surface area contributed by atoms with Crippen molar-refractivity contribution in [3.8, 4) is 0 Å². The molecule has 0 radical (unpaired) electrons. The maximum absolute atomic E-state index is 12.1. The lowest BCUT2D eigenvalue weighted by Gasteiger charge is -2.26. The molecule has 3 rings (SSSR count). The summed E-state index contributed by atoms with van der Waals surface area (Å²) >= 11 is 3.17. The number of hydrogen-bond donors (Lipinski definition) is 1. The third-order valence-electron chi connectivity index (χ3n) is 4.35. The number of aromatic nitrogens is 2. The number of hydrogen-bond acceptors (Lipinski definition) is 7. The first kappa shape index (κ1) is 18.6. The number of aryl methyl sites for hydroxylation is 2. The van der Waals surface area contributed by atoms with E-state index in [0.717, 1.165) is 54.5 Å². The zero-order chi connectivity index (χ0) is 17.6. The predicted octanol–water partition coefficient (Wildman–Crippen LogP) is 2.24. The molecule has 1 N–H and O–H groups in total. The molecule has 0 aromatic carbocycles. The van der Waals surface area contributed by atoms with Crippen LogP contribution in [0.3, 0.4) is 0 Å². The number of ether oxygens (including phenoxy) is 1. The van der Waals surface area contributed by atoms with Crippen molar-refractivity contribution < 1.29 is 9.53 Å². The lowest BCUT2D eigenvalue weighted by atomic mass is 10.2. The Kier molecular flexibility index (Phi) is 6.63. The summed E-state index contributed by atoms with van der Waals surface area (Å²) in [5.41, 5.74) is 1.22. The Morgan fingerprint density at radius 3 is 2.96 bits per heavy atom. The monoisotopic (exact) mass is 380 g/mol. The summed E-state index contributed by atoms with van der Waals surface area (Å²) in [6, 6.07) is 0. The molecule has 8 heteroatoms. The molecule has 1 aliphatic heterocycles. The van der Waals surface area contributed by atoms with Gasteiger partial charge in [0.25, 0.3) is 0 Å². The normalized spacial score (nSPS) is 15.6. The van der Waals surface area contributed by atoms with Gasteiger partial charge in [-0.15, -0.1) is 11.3 Å². The van der Waals surface area contributed by atoms with Crippen molar-refractivity contribution in [2.24, 2.45) is 0 Å². The van der Waals surface area contributed by atoms with E-state index in [1.807, 2.05) is 0 Å². The zero-order valence-corrected chi connectivity index (χ0v) is 16.3. The Balaban J connectivity index is 1.43. The number of morpholine rings is 1. The van der Waals surface area contributed by atoms with Gasteiger partial charge in [0, 0.05) is 29.9 Å². The highest BCUT2D eigenvalue weighted by Crippen LogP contribution is 2.34. The van der Waals surface area contributed by atoms with Crippen molar-refractivity contribution in [2.75, 3.05) is 45.1 Å². The molecule has 0 bridgehead atoms. The molecule has 1 aliphatic rings. The van der Waals surface area contributed by atoms with Crippen molar-refractivity contribution in [1.82, 2.24) is 20.2 Å². The molecule has 3 heterocycles. The number of rotatable bonds is 7. The number of nitrogens with zero attached hydrogens (tertiary/aromatic N) is 3. The topological polar surface area (TPSA) is 67.4 Å². The molecule has 1 saturated heterocycles. The SMILES string of the molecule is Cc1sc2ncnc(SCC(=O)NCCCN3CCOCC3)c2c1C. The molecule has 2 aromatic rings. The maximum atomic E-state index is 12.1. The smallest absolute Gasteiger partial charge is 0.230 e. The van der Waals surface area contributed by atoms with Gasteiger partial charge in [-0.05, 0) is 32.4 Å². The summed E-state index contributed by atoms with van der Waals surface area (Å²) in [5, 5.41) is 4.99. The second-order valence-corrected chi connectivity index (χ2v) is 8.26. The second-order valence-electron chi connectivity index (χ2n) is 6.09. The van der Waals surface area contributed by atoms with Crippen molar-refractivity contribution >= 4 is 39.2 Å².